The van der Waals surface area contributed by atoms with E-state index in [0.717, 1.165) is 0 Å². The minimum Gasteiger partial charge on any atom is -0.406 e. The zero-order valence-corrected chi connectivity index (χ0v) is 17.9. The lowest BCUT2D eigenvalue weighted by atomic mass is 10.2. The molecule has 0 aliphatic carbocycles. The number of aryl methyl sites for hydroxylation is 1. The summed E-state index contributed by atoms with van der Waals surface area (Å²) in [7, 11) is -2.40. The average Bonchev–Trinajstić information content (AvgIpc) is 3.19. The van der Waals surface area contributed by atoms with Gasteiger partial charge in [0, 0.05) is 19.8 Å². The Hall–Kier alpha value is -3.87. The average molecular weight is 478 g/mol. The van der Waals surface area contributed by atoms with Crippen molar-refractivity contribution in [3.8, 4) is 5.75 Å². The summed E-state index contributed by atoms with van der Waals surface area (Å²) in [5, 5.41) is 6.85. The number of hydrogen-bond donors (Lipinski definition) is 2. The van der Waals surface area contributed by atoms with Crippen molar-refractivity contribution in [1.29, 1.82) is 0 Å². The lowest BCUT2D eigenvalue weighted by molar-refractivity contribution is -0.274. The third kappa shape index (κ3) is 5.49. The van der Waals surface area contributed by atoms with E-state index < -0.39 is 16.4 Å². The van der Waals surface area contributed by atoms with Crippen LogP contribution in [0.5, 0.6) is 5.75 Å². The van der Waals surface area contributed by atoms with Crippen LogP contribution in [-0.4, -0.2) is 34.5 Å². The van der Waals surface area contributed by atoms with Crippen molar-refractivity contribution >= 4 is 32.7 Å². The molecule has 2 aromatic heterocycles. The fourth-order valence-corrected chi connectivity index (χ4v) is 3.90. The van der Waals surface area contributed by atoms with Crippen molar-refractivity contribution in [2.75, 3.05) is 10.0 Å². The number of anilines is 2. The van der Waals surface area contributed by atoms with Crippen molar-refractivity contribution in [2.24, 2.45) is 7.05 Å². The van der Waals surface area contributed by atoms with Crippen molar-refractivity contribution in [3.05, 3.63) is 66.5 Å². The Morgan fingerprint density at radius 3 is 2.21 bits per heavy atom. The molecule has 2 heterocycles. The first-order valence-electron chi connectivity index (χ1n) is 9.46. The molecule has 2 N–H and O–H groups in total. The monoisotopic (exact) mass is 478 g/mol. The SMILES string of the molecule is Cn1cc(S(=O)(=O)Nc2nc3ccccc3nc2NCc2ccc(OC(F)(F)F)cc2)cn1. The maximum atomic E-state index is 12.8. The van der Waals surface area contributed by atoms with Gasteiger partial charge in [-0.1, -0.05) is 24.3 Å². The van der Waals surface area contributed by atoms with Crippen LogP contribution < -0.4 is 14.8 Å². The molecule has 172 valence electrons. The van der Waals surface area contributed by atoms with Crippen LogP contribution in [0.2, 0.25) is 0 Å². The molecular formula is C20H17F3N6O3S. The van der Waals surface area contributed by atoms with Crippen LogP contribution in [0.15, 0.2) is 65.8 Å². The highest BCUT2D eigenvalue weighted by molar-refractivity contribution is 7.92. The summed E-state index contributed by atoms with van der Waals surface area (Å²) in [5.74, 6) is -0.229. The van der Waals surface area contributed by atoms with Gasteiger partial charge in [0.2, 0.25) is 0 Å². The first-order valence-corrected chi connectivity index (χ1v) is 10.9. The van der Waals surface area contributed by atoms with Gasteiger partial charge >= 0.3 is 6.36 Å². The van der Waals surface area contributed by atoms with Gasteiger partial charge in [-0.05, 0) is 29.8 Å². The van der Waals surface area contributed by atoms with Crippen LogP contribution in [0.1, 0.15) is 5.56 Å². The smallest absolute Gasteiger partial charge is 0.406 e. The van der Waals surface area contributed by atoms with Crippen LogP contribution in [0.4, 0.5) is 24.8 Å². The number of fused-ring (bicyclic) bond motifs is 1. The summed E-state index contributed by atoms with van der Waals surface area (Å²) in [6.45, 7) is 0.140. The van der Waals surface area contributed by atoms with Crippen molar-refractivity contribution < 1.29 is 26.3 Å². The summed E-state index contributed by atoms with van der Waals surface area (Å²) in [4.78, 5) is 8.77. The van der Waals surface area contributed by atoms with Gasteiger partial charge < -0.3 is 10.1 Å². The summed E-state index contributed by atoms with van der Waals surface area (Å²) < 4.78 is 70.2. The highest BCUT2D eigenvalue weighted by Gasteiger charge is 2.31. The van der Waals surface area contributed by atoms with Gasteiger partial charge in [-0.3, -0.25) is 9.40 Å². The zero-order valence-electron chi connectivity index (χ0n) is 17.0. The van der Waals surface area contributed by atoms with E-state index in [1.807, 2.05) is 0 Å². The topological polar surface area (TPSA) is 111 Å². The lowest BCUT2D eigenvalue weighted by Crippen LogP contribution is -2.17. The van der Waals surface area contributed by atoms with E-state index in [1.165, 1.54) is 41.3 Å². The Balaban J connectivity index is 1.60. The first kappa shape index (κ1) is 22.3. The largest absolute Gasteiger partial charge is 0.573 e. The molecule has 13 heteroatoms. The predicted molar refractivity (Wildman–Crippen MR) is 114 cm³/mol. The molecule has 0 bridgehead atoms. The van der Waals surface area contributed by atoms with Crippen molar-refractivity contribution in [2.45, 2.75) is 17.8 Å². The van der Waals surface area contributed by atoms with Gasteiger partial charge in [0.1, 0.15) is 10.6 Å². The lowest BCUT2D eigenvalue weighted by Gasteiger charge is -2.14. The number of halogens is 3. The zero-order chi connectivity index (χ0) is 23.6. The third-order valence-electron chi connectivity index (χ3n) is 4.41. The van der Waals surface area contributed by atoms with Crippen molar-refractivity contribution in [3.63, 3.8) is 0 Å². The highest BCUT2D eigenvalue weighted by atomic mass is 32.2. The second-order valence-electron chi connectivity index (χ2n) is 6.91. The Morgan fingerprint density at radius 2 is 1.64 bits per heavy atom. The predicted octanol–water partition coefficient (Wildman–Crippen LogP) is 3.67. The van der Waals surface area contributed by atoms with Crippen LogP contribution in [0.3, 0.4) is 0 Å². The van der Waals surface area contributed by atoms with E-state index in [-0.39, 0.29) is 28.8 Å². The van der Waals surface area contributed by atoms with E-state index in [2.05, 4.69) is 29.8 Å². The molecule has 0 aliphatic rings. The second kappa shape index (κ2) is 8.58. The highest BCUT2D eigenvalue weighted by Crippen LogP contribution is 2.26. The van der Waals surface area contributed by atoms with Crippen LogP contribution in [0, 0.1) is 0 Å². The van der Waals surface area contributed by atoms with Gasteiger partial charge in [-0.2, -0.15) is 5.10 Å². The summed E-state index contributed by atoms with van der Waals surface area (Å²) in [6.07, 6.45) is -2.23. The molecule has 2 aromatic carbocycles. The normalized spacial score (nSPS) is 12.0. The van der Waals surface area contributed by atoms with E-state index in [1.54, 1.807) is 31.3 Å². The quantitative estimate of drug-likeness (QED) is 0.417. The molecule has 0 radical (unpaired) electrons. The van der Waals surface area contributed by atoms with E-state index in [9.17, 15) is 21.6 Å². The molecule has 0 atom stereocenters. The molecule has 0 spiro atoms. The maximum Gasteiger partial charge on any atom is 0.573 e. The van der Waals surface area contributed by atoms with Gasteiger partial charge in [-0.15, -0.1) is 13.2 Å². The molecule has 33 heavy (non-hydrogen) atoms. The number of sulfonamides is 1. The molecule has 0 aliphatic heterocycles. The third-order valence-corrected chi connectivity index (χ3v) is 5.70. The standard InChI is InChI=1S/C20H17F3N6O3S/c1-29-12-15(11-25-29)33(30,31)28-19-18(26-16-4-2-3-5-17(16)27-19)24-10-13-6-8-14(9-7-13)32-20(21,22)23/h2-9,11-12H,10H2,1H3,(H,24,26)(H,27,28). The molecule has 0 saturated heterocycles. The van der Waals surface area contributed by atoms with Crippen LogP contribution in [0.25, 0.3) is 11.0 Å². The number of nitrogens with one attached hydrogen (secondary N) is 2. The summed E-state index contributed by atoms with van der Waals surface area (Å²) in [6, 6.07) is 12.2. The Kier molecular flexibility index (Phi) is 5.80. The van der Waals surface area contributed by atoms with E-state index in [4.69, 9.17) is 0 Å². The minimum absolute atomic E-state index is 0.0328. The van der Waals surface area contributed by atoms with Crippen LogP contribution >= 0.6 is 0 Å². The molecule has 0 fully saturated rings. The fourth-order valence-electron chi connectivity index (χ4n) is 2.91. The van der Waals surface area contributed by atoms with Gasteiger partial charge in [0.15, 0.2) is 11.6 Å². The summed E-state index contributed by atoms with van der Waals surface area (Å²) in [5.41, 5.74) is 1.61. The molecule has 4 aromatic rings. The van der Waals surface area contributed by atoms with E-state index in [0.29, 0.717) is 16.6 Å². The molecule has 9 nitrogen and oxygen atoms in total. The minimum atomic E-state index is -4.78. The van der Waals surface area contributed by atoms with Crippen LogP contribution in [-0.2, 0) is 23.6 Å². The number of nitrogens with zero attached hydrogens (tertiary/aromatic N) is 4. The molecule has 0 amide bonds. The maximum absolute atomic E-state index is 12.8. The first-order chi connectivity index (χ1) is 15.6. The number of benzene rings is 2. The van der Waals surface area contributed by atoms with Crippen molar-refractivity contribution in [1.82, 2.24) is 19.7 Å². The van der Waals surface area contributed by atoms with E-state index >= 15 is 0 Å². The number of para-hydroxylation sites is 2. The van der Waals surface area contributed by atoms with Gasteiger partial charge in [-0.25, -0.2) is 18.4 Å². The Bertz CT molecular complexity index is 1390. The van der Waals surface area contributed by atoms with Gasteiger partial charge in [0.05, 0.1) is 17.2 Å². The number of hydrogen-bond acceptors (Lipinski definition) is 7. The number of rotatable bonds is 7. The Labute approximate surface area is 186 Å². The molecule has 0 saturated carbocycles. The second-order valence-corrected chi connectivity index (χ2v) is 8.59. The molecular weight excluding hydrogens is 461 g/mol. The number of ether oxygens (including phenoxy) is 1. The fraction of sp³-hybridized carbons (Fsp3) is 0.150. The number of aromatic nitrogens is 4. The Morgan fingerprint density at radius 1 is 1.00 bits per heavy atom. The molecule has 0 unspecified atom stereocenters. The molecule has 4 rings (SSSR count). The number of alkyl halides is 3. The summed E-state index contributed by atoms with van der Waals surface area (Å²) >= 11 is 0. The van der Waals surface area contributed by atoms with Gasteiger partial charge in [0.25, 0.3) is 10.0 Å².